The first-order valence-electron chi connectivity index (χ1n) is 9.75. The Hall–Kier alpha value is -1.34. The summed E-state index contributed by atoms with van der Waals surface area (Å²) in [5, 5.41) is 11.4. The van der Waals surface area contributed by atoms with Crippen molar-refractivity contribution in [2.24, 2.45) is 11.8 Å². The van der Waals surface area contributed by atoms with Gasteiger partial charge in [0, 0.05) is 25.4 Å². The molecule has 0 radical (unpaired) electrons. The molecule has 25 heavy (non-hydrogen) atoms. The molecular weight excluding hydrogens is 322 g/mol. The number of carbonyl (C=O) groups is 2. The third-order valence-electron chi connectivity index (χ3n) is 5.34. The van der Waals surface area contributed by atoms with E-state index in [9.17, 15) is 9.59 Å². The molecule has 4 unspecified atom stereocenters. The number of fused-ring (bicyclic) bond motifs is 2. The van der Waals surface area contributed by atoms with Crippen molar-refractivity contribution in [1.29, 1.82) is 0 Å². The van der Waals surface area contributed by atoms with Crippen LogP contribution < -0.4 is 16.2 Å². The molecule has 0 aromatic carbocycles. The fourth-order valence-corrected chi connectivity index (χ4v) is 4.10. The highest BCUT2D eigenvalue weighted by molar-refractivity contribution is 5.73. The standard InChI is InChI=1S/C18H33N3O4/c1-2-11-19-18(24)21-20-12-14-13(15-9-10-16(14)25-15)7-5-3-4-6-8-17(22)23/h13-16,20H,2-12H2,1H3,(H,22,23)(H2,19,21,24). The molecule has 2 fully saturated rings. The van der Waals surface area contributed by atoms with Crippen molar-refractivity contribution in [1.82, 2.24) is 16.2 Å². The minimum Gasteiger partial charge on any atom is -0.481 e. The fraction of sp³-hybridized carbons (Fsp3) is 0.889. The minimum atomic E-state index is -0.705. The van der Waals surface area contributed by atoms with Crippen molar-refractivity contribution < 1.29 is 19.4 Å². The van der Waals surface area contributed by atoms with Crippen molar-refractivity contribution in [3.8, 4) is 0 Å². The molecule has 144 valence electrons. The summed E-state index contributed by atoms with van der Waals surface area (Å²) in [6.45, 7) is 3.44. The van der Waals surface area contributed by atoms with Gasteiger partial charge >= 0.3 is 12.0 Å². The van der Waals surface area contributed by atoms with Gasteiger partial charge in [-0.1, -0.05) is 26.2 Å². The minimum absolute atomic E-state index is 0.180. The predicted octanol–water partition coefficient (Wildman–Crippen LogP) is 2.42. The van der Waals surface area contributed by atoms with E-state index in [1.807, 2.05) is 6.92 Å². The number of unbranched alkanes of at least 4 members (excludes halogenated alkanes) is 3. The number of urea groups is 1. The smallest absolute Gasteiger partial charge is 0.329 e. The Labute approximate surface area is 150 Å². The highest BCUT2D eigenvalue weighted by Gasteiger charge is 2.47. The summed E-state index contributed by atoms with van der Waals surface area (Å²) >= 11 is 0. The van der Waals surface area contributed by atoms with E-state index in [0.717, 1.165) is 57.9 Å². The van der Waals surface area contributed by atoms with Crippen LogP contribution in [0.15, 0.2) is 0 Å². The Morgan fingerprint density at radius 1 is 1.08 bits per heavy atom. The molecule has 0 spiro atoms. The van der Waals surface area contributed by atoms with Crippen LogP contribution in [0, 0.1) is 11.8 Å². The Morgan fingerprint density at radius 3 is 2.52 bits per heavy atom. The van der Waals surface area contributed by atoms with Gasteiger partial charge in [-0.05, 0) is 38.0 Å². The van der Waals surface area contributed by atoms with E-state index in [2.05, 4.69) is 16.2 Å². The third-order valence-corrected chi connectivity index (χ3v) is 5.34. The zero-order valence-corrected chi connectivity index (χ0v) is 15.3. The molecule has 2 aliphatic heterocycles. The lowest BCUT2D eigenvalue weighted by Crippen LogP contribution is -2.48. The van der Waals surface area contributed by atoms with E-state index >= 15 is 0 Å². The summed E-state index contributed by atoms with van der Waals surface area (Å²) in [4.78, 5) is 22.1. The topological polar surface area (TPSA) is 99.7 Å². The van der Waals surface area contributed by atoms with Crippen molar-refractivity contribution in [2.75, 3.05) is 13.1 Å². The number of carbonyl (C=O) groups excluding carboxylic acids is 1. The molecule has 4 N–H and O–H groups in total. The van der Waals surface area contributed by atoms with Crippen LogP contribution in [-0.4, -0.2) is 42.4 Å². The molecule has 0 aromatic heterocycles. The van der Waals surface area contributed by atoms with Gasteiger partial charge in [0.1, 0.15) is 0 Å². The molecule has 0 saturated carbocycles. The van der Waals surface area contributed by atoms with Crippen LogP contribution in [0.1, 0.15) is 64.7 Å². The number of hydrazine groups is 1. The van der Waals surface area contributed by atoms with Crippen molar-refractivity contribution in [3.63, 3.8) is 0 Å². The lowest BCUT2D eigenvalue weighted by atomic mass is 9.76. The molecule has 2 bridgehead atoms. The number of rotatable bonds is 12. The average Bonchev–Trinajstić information content (AvgIpc) is 3.18. The van der Waals surface area contributed by atoms with Gasteiger partial charge in [-0.25, -0.2) is 10.2 Å². The molecule has 2 saturated heterocycles. The van der Waals surface area contributed by atoms with E-state index < -0.39 is 5.97 Å². The second kappa shape index (κ2) is 10.6. The number of ether oxygens (including phenoxy) is 1. The van der Waals surface area contributed by atoms with E-state index in [0.29, 0.717) is 30.6 Å². The van der Waals surface area contributed by atoms with E-state index in [-0.39, 0.29) is 12.5 Å². The number of hydrogen-bond donors (Lipinski definition) is 4. The maximum atomic E-state index is 11.6. The van der Waals surface area contributed by atoms with E-state index in [1.54, 1.807) is 0 Å². The Kier molecular flexibility index (Phi) is 8.48. The lowest BCUT2D eigenvalue weighted by Gasteiger charge is -2.28. The molecular formula is C18H33N3O4. The first-order chi connectivity index (χ1) is 12.1. The molecule has 0 aliphatic carbocycles. The Bertz CT molecular complexity index is 433. The Balaban J connectivity index is 1.64. The van der Waals surface area contributed by atoms with Gasteiger partial charge in [-0.2, -0.15) is 0 Å². The number of hydrogen-bond acceptors (Lipinski definition) is 4. The van der Waals surface area contributed by atoms with E-state index in [1.165, 1.54) is 0 Å². The SMILES string of the molecule is CCCNC(=O)NNCC1C2CCC(O2)C1CCCCCCC(=O)O. The number of nitrogens with one attached hydrogen (secondary N) is 3. The van der Waals surface area contributed by atoms with Gasteiger partial charge in [0.15, 0.2) is 0 Å². The van der Waals surface area contributed by atoms with Crippen molar-refractivity contribution in [2.45, 2.75) is 76.9 Å². The van der Waals surface area contributed by atoms with Gasteiger partial charge in [0.2, 0.25) is 0 Å². The largest absolute Gasteiger partial charge is 0.481 e. The fourth-order valence-electron chi connectivity index (χ4n) is 4.10. The van der Waals surface area contributed by atoms with Crippen LogP contribution >= 0.6 is 0 Å². The number of aliphatic carboxylic acids is 1. The number of amides is 2. The molecule has 7 nitrogen and oxygen atoms in total. The maximum absolute atomic E-state index is 11.6. The number of carboxylic acids is 1. The monoisotopic (exact) mass is 355 g/mol. The Morgan fingerprint density at radius 2 is 1.80 bits per heavy atom. The van der Waals surface area contributed by atoms with Gasteiger partial charge in [-0.15, -0.1) is 0 Å². The zero-order chi connectivity index (χ0) is 18.1. The van der Waals surface area contributed by atoms with Crippen molar-refractivity contribution in [3.05, 3.63) is 0 Å². The summed E-state index contributed by atoms with van der Waals surface area (Å²) in [6.07, 6.45) is 9.22. The molecule has 2 rings (SSSR count). The highest BCUT2D eigenvalue weighted by atomic mass is 16.5. The van der Waals surface area contributed by atoms with Crippen molar-refractivity contribution >= 4 is 12.0 Å². The van der Waals surface area contributed by atoms with Gasteiger partial charge < -0.3 is 15.2 Å². The second-order valence-electron chi connectivity index (χ2n) is 7.23. The summed E-state index contributed by atoms with van der Waals surface area (Å²) in [5.41, 5.74) is 5.77. The first-order valence-corrected chi connectivity index (χ1v) is 9.75. The highest BCUT2D eigenvalue weighted by Crippen LogP contribution is 2.45. The van der Waals surface area contributed by atoms with Gasteiger partial charge in [0.05, 0.1) is 12.2 Å². The van der Waals surface area contributed by atoms with Crippen LogP contribution in [0.25, 0.3) is 0 Å². The van der Waals surface area contributed by atoms with Crippen LogP contribution in [0.2, 0.25) is 0 Å². The second-order valence-corrected chi connectivity index (χ2v) is 7.23. The van der Waals surface area contributed by atoms with E-state index in [4.69, 9.17) is 9.84 Å². The summed E-state index contributed by atoms with van der Waals surface area (Å²) in [6, 6.07) is -0.180. The normalized spacial score (nSPS) is 27.4. The van der Waals surface area contributed by atoms with Crippen LogP contribution in [0.3, 0.4) is 0 Å². The van der Waals surface area contributed by atoms with Crippen LogP contribution in [-0.2, 0) is 9.53 Å². The zero-order valence-electron chi connectivity index (χ0n) is 15.3. The van der Waals surface area contributed by atoms with Gasteiger partial charge in [0.25, 0.3) is 0 Å². The average molecular weight is 355 g/mol. The van der Waals surface area contributed by atoms with Crippen LogP contribution in [0.4, 0.5) is 4.79 Å². The predicted molar refractivity (Wildman–Crippen MR) is 95.0 cm³/mol. The molecule has 0 aromatic rings. The molecule has 2 amide bonds. The number of carboxylic acid groups (broad SMARTS) is 1. The first kappa shape index (κ1) is 20.0. The summed E-state index contributed by atoms with van der Waals surface area (Å²) in [5.74, 6) is 0.290. The summed E-state index contributed by atoms with van der Waals surface area (Å²) < 4.78 is 6.08. The van der Waals surface area contributed by atoms with Crippen LogP contribution in [0.5, 0.6) is 0 Å². The maximum Gasteiger partial charge on any atom is 0.329 e. The van der Waals surface area contributed by atoms with Gasteiger partial charge in [-0.3, -0.25) is 10.2 Å². The quantitative estimate of drug-likeness (QED) is 0.318. The summed E-state index contributed by atoms with van der Waals surface area (Å²) in [7, 11) is 0. The molecule has 2 heterocycles. The molecule has 4 atom stereocenters. The molecule has 7 heteroatoms. The third kappa shape index (κ3) is 6.47. The lowest BCUT2D eigenvalue weighted by molar-refractivity contribution is -0.137. The molecule has 2 aliphatic rings.